The first-order valence-electron chi connectivity index (χ1n) is 11.7. The minimum atomic E-state index is -0.253. The van der Waals surface area contributed by atoms with Gasteiger partial charge in [0.2, 0.25) is 0 Å². The van der Waals surface area contributed by atoms with Gasteiger partial charge < -0.3 is 0 Å². The molecule has 0 unspecified atom stereocenters. The second-order valence-electron chi connectivity index (χ2n) is 8.72. The molecule has 0 spiro atoms. The van der Waals surface area contributed by atoms with Crippen LogP contribution in [0.1, 0.15) is 46.7 Å². The van der Waals surface area contributed by atoms with Gasteiger partial charge in [0, 0.05) is 5.56 Å². The summed E-state index contributed by atoms with van der Waals surface area (Å²) in [4.78, 5) is 0. The number of hydrazine groups is 1. The molecule has 4 aromatic carbocycles. The van der Waals surface area contributed by atoms with Crippen LogP contribution in [0.25, 0.3) is 11.1 Å². The summed E-state index contributed by atoms with van der Waals surface area (Å²) in [6, 6.07) is 35.0. The number of nitrogens with zero attached hydrogens (tertiary/aromatic N) is 1. The highest BCUT2D eigenvalue weighted by molar-refractivity contribution is 6.02. The molecule has 0 aliphatic heterocycles. The van der Waals surface area contributed by atoms with Gasteiger partial charge in [-0.2, -0.15) is 0 Å². The van der Waals surface area contributed by atoms with Crippen LogP contribution in [0.5, 0.6) is 0 Å². The summed E-state index contributed by atoms with van der Waals surface area (Å²) in [6.45, 7) is 0. The molecule has 0 radical (unpaired) electrons. The summed E-state index contributed by atoms with van der Waals surface area (Å²) in [7, 11) is 0. The van der Waals surface area contributed by atoms with Crippen LogP contribution in [0.4, 0.5) is 0 Å². The smallest absolute Gasteiger partial charge is 0.143 e. The van der Waals surface area contributed by atoms with Gasteiger partial charge in [0.05, 0.1) is 6.04 Å². The lowest BCUT2D eigenvalue weighted by Crippen LogP contribution is -2.41. The molecule has 0 amide bonds. The fourth-order valence-corrected chi connectivity index (χ4v) is 4.89. The van der Waals surface area contributed by atoms with Crippen LogP contribution in [-0.4, -0.2) is 10.8 Å². The van der Waals surface area contributed by atoms with Crippen molar-refractivity contribution in [1.82, 2.24) is 5.01 Å². The molecule has 1 aliphatic carbocycles. The SMILES string of the molecule is N=C(c1ccccc1-c1ccc2c(c1)CCCC2)N(N)C(c1ccccc1)c1ccccc1. The molecule has 0 saturated heterocycles. The van der Waals surface area contributed by atoms with Gasteiger partial charge in [0.1, 0.15) is 5.84 Å². The van der Waals surface area contributed by atoms with Crippen LogP contribution in [0, 0.1) is 5.41 Å². The molecule has 0 fully saturated rings. The monoisotopic (exact) mass is 431 g/mol. The van der Waals surface area contributed by atoms with E-state index in [-0.39, 0.29) is 6.04 Å². The Kier molecular flexibility index (Phi) is 6.05. The van der Waals surface area contributed by atoms with E-state index < -0.39 is 0 Å². The molecule has 1 aliphatic rings. The third-order valence-corrected chi connectivity index (χ3v) is 6.61. The Morgan fingerprint density at radius 1 is 0.697 bits per heavy atom. The maximum absolute atomic E-state index is 9.14. The minimum Gasteiger partial charge on any atom is -0.283 e. The molecule has 3 heteroatoms. The molecule has 0 atom stereocenters. The first kappa shape index (κ1) is 21.2. The number of fused-ring (bicyclic) bond motifs is 1. The second-order valence-corrected chi connectivity index (χ2v) is 8.72. The highest BCUT2D eigenvalue weighted by Gasteiger charge is 2.24. The molecule has 0 aromatic heterocycles. The van der Waals surface area contributed by atoms with E-state index in [2.05, 4.69) is 48.5 Å². The quantitative estimate of drug-likeness (QED) is 0.163. The van der Waals surface area contributed by atoms with Crippen molar-refractivity contribution in [1.29, 1.82) is 5.41 Å². The zero-order chi connectivity index (χ0) is 22.6. The summed E-state index contributed by atoms with van der Waals surface area (Å²) < 4.78 is 0. The van der Waals surface area contributed by atoms with Crippen molar-refractivity contribution in [3.8, 4) is 11.1 Å². The van der Waals surface area contributed by atoms with Gasteiger partial charge >= 0.3 is 0 Å². The van der Waals surface area contributed by atoms with E-state index in [0.717, 1.165) is 34.2 Å². The summed E-state index contributed by atoms with van der Waals surface area (Å²) >= 11 is 0. The number of benzene rings is 4. The van der Waals surface area contributed by atoms with Crippen molar-refractivity contribution >= 4 is 5.84 Å². The number of amidine groups is 1. The molecule has 4 aromatic rings. The summed E-state index contributed by atoms with van der Waals surface area (Å²) in [6.07, 6.45) is 4.83. The second kappa shape index (κ2) is 9.43. The largest absolute Gasteiger partial charge is 0.283 e. The van der Waals surface area contributed by atoms with Crippen LogP contribution in [0.15, 0.2) is 103 Å². The summed E-state index contributed by atoms with van der Waals surface area (Å²) in [5.74, 6) is 7.03. The molecular weight excluding hydrogens is 402 g/mol. The van der Waals surface area contributed by atoms with Gasteiger partial charge in [-0.05, 0) is 59.1 Å². The maximum atomic E-state index is 9.14. The van der Waals surface area contributed by atoms with Crippen LogP contribution in [0.2, 0.25) is 0 Å². The number of aryl methyl sites for hydroxylation is 2. The summed E-state index contributed by atoms with van der Waals surface area (Å²) in [5.41, 5.74) is 8.06. The lowest BCUT2D eigenvalue weighted by atomic mass is 9.88. The fraction of sp³-hybridized carbons (Fsp3) is 0.167. The van der Waals surface area contributed by atoms with Gasteiger partial charge in [-0.15, -0.1) is 0 Å². The maximum Gasteiger partial charge on any atom is 0.143 e. The Morgan fingerprint density at radius 2 is 1.27 bits per heavy atom. The molecule has 5 rings (SSSR count). The number of nitrogens with one attached hydrogen (secondary N) is 1. The molecule has 0 heterocycles. The first-order valence-corrected chi connectivity index (χ1v) is 11.7. The lowest BCUT2D eigenvalue weighted by Gasteiger charge is -2.31. The Morgan fingerprint density at radius 3 is 1.94 bits per heavy atom. The van der Waals surface area contributed by atoms with Crippen molar-refractivity contribution in [2.45, 2.75) is 31.7 Å². The minimum absolute atomic E-state index is 0.253. The van der Waals surface area contributed by atoms with E-state index in [1.807, 2.05) is 54.6 Å². The van der Waals surface area contributed by atoms with E-state index in [4.69, 9.17) is 11.3 Å². The average Bonchev–Trinajstić information content (AvgIpc) is 2.89. The van der Waals surface area contributed by atoms with Gasteiger partial charge in [-0.25, -0.2) is 5.84 Å². The number of hydrogen-bond acceptors (Lipinski definition) is 2. The molecule has 0 saturated carbocycles. The highest BCUT2D eigenvalue weighted by Crippen LogP contribution is 2.32. The molecule has 0 bridgehead atoms. The topological polar surface area (TPSA) is 53.1 Å². The van der Waals surface area contributed by atoms with Crippen molar-refractivity contribution in [3.63, 3.8) is 0 Å². The fourth-order valence-electron chi connectivity index (χ4n) is 4.89. The number of hydrogen-bond donors (Lipinski definition) is 2. The molecule has 33 heavy (non-hydrogen) atoms. The normalized spacial score (nSPS) is 12.9. The molecule has 3 N–H and O–H groups in total. The number of nitrogens with two attached hydrogens (primary N) is 1. The van der Waals surface area contributed by atoms with Gasteiger partial charge in [-0.3, -0.25) is 10.4 Å². The van der Waals surface area contributed by atoms with E-state index in [0.29, 0.717) is 5.84 Å². The van der Waals surface area contributed by atoms with Gasteiger partial charge in [0.25, 0.3) is 0 Å². The van der Waals surface area contributed by atoms with Crippen LogP contribution < -0.4 is 5.84 Å². The van der Waals surface area contributed by atoms with Crippen molar-refractivity contribution in [2.24, 2.45) is 5.84 Å². The van der Waals surface area contributed by atoms with E-state index in [9.17, 15) is 0 Å². The van der Waals surface area contributed by atoms with Gasteiger partial charge in [-0.1, -0.05) is 103 Å². The van der Waals surface area contributed by atoms with Crippen molar-refractivity contribution in [3.05, 3.63) is 131 Å². The molecular formula is C30H29N3. The zero-order valence-corrected chi connectivity index (χ0v) is 18.7. The van der Waals surface area contributed by atoms with Crippen molar-refractivity contribution < 1.29 is 0 Å². The predicted octanol–water partition coefficient (Wildman–Crippen LogP) is 6.52. The van der Waals surface area contributed by atoms with E-state index in [1.165, 1.54) is 30.4 Å². The zero-order valence-electron chi connectivity index (χ0n) is 18.7. The van der Waals surface area contributed by atoms with Crippen LogP contribution in [0.3, 0.4) is 0 Å². The van der Waals surface area contributed by atoms with E-state index >= 15 is 0 Å². The Labute approximate surface area is 196 Å². The number of rotatable bonds is 5. The van der Waals surface area contributed by atoms with Crippen molar-refractivity contribution in [2.75, 3.05) is 0 Å². The van der Waals surface area contributed by atoms with Crippen LogP contribution in [-0.2, 0) is 12.8 Å². The highest BCUT2D eigenvalue weighted by atomic mass is 15.4. The van der Waals surface area contributed by atoms with E-state index in [1.54, 1.807) is 5.01 Å². The molecule has 164 valence electrons. The third kappa shape index (κ3) is 4.33. The van der Waals surface area contributed by atoms with Crippen LogP contribution >= 0.6 is 0 Å². The average molecular weight is 432 g/mol. The predicted molar refractivity (Wildman–Crippen MR) is 136 cm³/mol. The van der Waals surface area contributed by atoms with Gasteiger partial charge in [0.15, 0.2) is 0 Å². The Balaban J connectivity index is 1.54. The Hall–Kier alpha value is -3.69. The Bertz CT molecular complexity index is 1210. The first-order chi connectivity index (χ1) is 16.2. The summed E-state index contributed by atoms with van der Waals surface area (Å²) in [5, 5.41) is 10.7. The standard InChI is InChI=1S/C30H29N3/c31-30(33(32)29(23-12-3-1-4-13-23)24-14-5-2-6-15-24)28-18-10-9-17-27(28)26-20-19-22-11-7-8-16-25(22)21-26/h1-6,9-10,12-15,17-21,29,31H,7-8,11,16,32H2. The third-order valence-electron chi connectivity index (χ3n) is 6.61. The lowest BCUT2D eigenvalue weighted by molar-refractivity contribution is 0.370. The molecule has 3 nitrogen and oxygen atoms in total.